The van der Waals surface area contributed by atoms with E-state index in [-0.39, 0.29) is 10.6 Å². The lowest BCUT2D eigenvalue weighted by molar-refractivity contribution is -0.116. The second-order valence-electron chi connectivity index (χ2n) is 6.36. The molecule has 7 nitrogen and oxygen atoms in total. The molecule has 0 fully saturated rings. The molecule has 2 aromatic carbocycles. The number of aryl methyl sites for hydroxylation is 2. The highest BCUT2D eigenvalue weighted by atomic mass is 32.2. The summed E-state index contributed by atoms with van der Waals surface area (Å²) in [6.45, 7) is 3.86. The first-order valence-electron chi connectivity index (χ1n) is 8.48. The average molecular weight is 417 g/mol. The van der Waals surface area contributed by atoms with Crippen LogP contribution in [0.5, 0.6) is 0 Å². The van der Waals surface area contributed by atoms with Crippen LogP contribution in [0.1, 0.15) is 11.1 Å². The molecule has 146 valence electrons. The van der Waals surface area contributed by atoms with Crippen molar-refractivity contribution in [1.29, 1.82) is 0 Å². The van der Waals surface area contributed by atoms with Crippen LogP contribution < -0.4 is 4.72 Å². The van der Waals surface area contributed by atoms with Gasteiger partial charge in [-0.3, -0.25) is 4.79 Å². The van der Waals surface area contributed by atoms with Gasteiger partial charge in [-0.2, -0.15) is 0 Å². The van der Waals surface area contributed by atoms with Gasteiger partial charge in [-0.25, -0.2) is 13.1 Å². The highest BCUT2D eigenvalue weighted by Crippen LogP contribution is 2.23. The molecule has 1 heterocycles. The number of hydrogen-bond acceptors (Lipinski definition) is 6. The fourth-order valence-corrected chi connectivity index (χ4v) is 4.27. The Bertz CT molecular complexity index is 1090. The van der Waals surface area contributed by atoms with E-state index >= 15 is 0 Å². The Balaban J connectivity index is 1.65. The molecule has 1 aromatic heterocycles. The molecule has 3 rings (SSSR count). The summed E-state index contributed by atoms with van der Waals surface area (Å²) in [6.07, 6.45) is 0. The minimum atomic E-state index is -3.89. The van der Waals surface area contributed by atoms with Gasteiger partial charge in [0.2, 0.25) is 5.91 Å². The third kappa shape index (κ3) is 4.60. The molecular formula is C19H20N4O3S2. The quantitative estimate of drug-likeness (QED) is 0.621. The average Bonchev–Trinajstić information content (AvgIpc) is 3.01. The number of carbonyl (C=O) groups excluding carboxylic acids is 1. The summed E-state index contributed by atoms with van der Waals surface area (Å²) in [5.41, 5.74) is 3.00. The summed E-state index contributed by atoms with van der Waals surface area (Å²) in [7, 11) is -2.08. The summed E-state index contributed by atoms with van der Waals surface area (Å²) < 4.78 is 28.4. The van der Waals surface area contributed by atoms with Gasteiger partial charge < -0.3 is 4.57 Å². The van der Waals surface area contributed by atoms with E-state index in [9.17, 15) is 13.2 Å². The standard InChI is InChI=1S/C19H20N4O3S2/c1-13-4-8-15(9-5-13)18-20-21-19(23(18)3)27-12-17(24)22-28(25,26)16-10-6-14(2)7-11-16/h4-11H,12H2,1-3H3,(H,22,24). The molecule has 0 aliphatic heterocycles. The minimum Gasteiger partial charge on any atom is -0.305 e. The van der Waals surface area contributed by atoms with E-state index < -0.39 is 15.9 Å². The maximum Gasteiger partial charge on any atom is 0.264 e. The first kappa shape index (κ1) is 20.1. The highest BCUT2D eigenvalue weighted by Gasteiger charge is 2.19. The van der Waals surface area contributed by atoms with Gasteiger partial charge in [-0.15, -0.1) is 10.2 Å². The maximum atomic E-state index is 12.3. The SMILES string of the molecule is Cc1ccc(-c2nnc(SCC(=O)NS(=O)(=O)c3ccc(C)cc3)n2C)cc1. The van der Waals surface area contributed by atoms with E-state index in [1.807, 2.05) is 38.1 Å². The van der Waals surface area contributed by atoms with Crippen molar-refractivity contribution >= 4 is 27.7 Å². The first-order valence-corrected chi connectivity index (χ1v) is 10.9. The number of amides is 1. The minimum absolute atomic E-state index is 0.0526. The van der Waals surface area contributed by atoms with Crippen molar-refractivity contribution in [2.24, 2.45) is 7.05 Å². The lowest BCUT2D eigenvalue weighted by Crippen LogP contribution is -2.32. The maximum absolute atomic E-state index is 12.3. The molecule has 0 bridgehead atoms. The van der Waals surface area contributed by atoms with Crippen molar-refractivity contribution in [3.05, 3.63) is 59.7 Å². The Morgan fingerprint density at radius 2 is 1.57 bits per heavy atom. The largest absolute Gasteiger partial charge is 0.305 e. The zero-order valence-electron chi connectivity index (χ0n) is 15.7. The Morgan fingerprint density at radius 1 is 1.00 bits per heavy atom. The third-order valence-corrected chi connectivity index (χ3v) is 6.47. The van der Waals surface area contributed by atoms with Crippen LogP contribution in [0, 0.1) is 13.8 Å². The van der Waals surface area contributed by atoms with Crippen molar-refractivity contribution in [3.63, 3.8) is 0 Å². The Morgan fingerprint density at radius 3 is 2.18 bits per heavy atom. The number of nitrogens with one attached hydrogen (secondary N) is 1. The Hall–Kier alpha value is -2.65. The summed E-state index contributed by atoms with van der Waals surface area (Å²) in [4.78, 5) is 12.2. The fraction of sp³-hybridized carbons (Fsp3) is 0.211. The molecule has 28 heavy (non-hydrogen) atoms. The topological polar surface area (TPSA) is 94.0 Å². The van der Waals surface area contributed by atoms with E-state index in [1.54, 1.807) is 23.7 Å². The van der Waals surface area contributed by atoms with Gasteiger partial charge in [0.1, 0.15) is 0 Å². The van der Waals surface area contributed by atoms with E-state index in [2.05, 4.69) is 14.9 Å². The number of rotatable bonds is 6. The molecule has 0 saturated heterocycles. The number of sulfonamides is 1. The molecule has 0 spiro atoms. The lowest BCUT2D eigenvalue weighted by Gasteiger charge is -2.07. The normalized spacial score (nSPS) is 11.4. The number of aromatic nitrogens is 3. The van der Waals surface area contributed by atoms with Crippen molar-refractivity contribution < 1.29 is 13.2 Å². The van der Waals surface area contributed by atoms with Crippen molar-refractivity contribution in [1.82, 2.24) is 19.5 Å². The highest BCUT2D eigenvalue weighted by molar-refractivity contribution is 8.00. The van der Waals surface area contributed by atoms with Crippen molar-refractivity contribution in [2.75, 3.05) is 5.75 Å². The summed E-state index contributed by atoms with van der Waals surface area (Å²) >= 11 is 1.12. The van der Waals surface area contributed by atoms with Crippen LogP contribution in [0.15, 0.2) is 58.6 Å². The molecule has 0 radical (unpaired) electrons. The second-order valence-corrected chi connectivity index (χ2v) is 8.99. The molecule has 0 atom stereocenters. The van der Waals surface area contributed by atoms with Gasteiger partial charge in [0.05, 0.1) is 10.6 Å². The zero-order chi connectivity index (χ0) is 20.3. The second kappa shape index (κ2) is 8.15. The molecule has 1 amide bonds. The van der Waals surface area contributed by atoms with Crippen LogP contribution in [0.4, 0.5) is 0 Å². The van der Waals surface area contributed by atoms with E-state index in [1.165, 1.54) is 12.1 Å². The van der Waals surface area contributed by atoms with Crippen molar-refractivity contribution in [3.8, 4) is 11.4 Å². The predicted octanol–water partition coefficient (Wildman–Crippen LogP) is 2.70. The Kier molecular flexibility index (Phi) is 5.85. The number of nitrogens with zero attached hydrogens (tertiary/aromatic N) is 3. The van der Waals surface area contributed by atoms with Gasteiger partial charge in [-0.1, -0.05) is 59.3 Å². The molecule has 0 aliphatic rings. The summed E-state index contributed by atoms with van der Waals surface area (Å²) in [5, 5.41) is 8.79. The van der Waals surface area contributed by atoms with E-state index in [0.717, 1.165) is 28.5 Å². The third-order valence-electron chi connectivity index (χ3n) is 4.06. The number of carbonyl (C=O) groups is 1. The zero-order valence-corrected chi connectivity index (χ0v) is 17.3. The summed E-state index contributed by atoms with van der Waals surface area (Å²) in [6, 6.07) is 14.2. The van der Waals surface area contributed by atoms with Crippen LogP contribution in [0.2, 0.25) is 0 Å². The van der Waals surface area contributed by atoms with Crippen LogP contribution in [0.25, 0.3) is 11.4 Å². The van der Waals surface area contributed by atoms with Gasteiger partial charge in [0.25, 0.3) is 10.0 Å². The number of thioether (sulfide) groups is 1. The Labute approximate surface area is 168 Å². The smallest absolute Gasteiger partial charge is 0.264 e. The number of hydrogen-bond donors (Lipinski definition) is 1. The van der Waals surface area contributed by atoms with Gasteiger partial charge in [0.15, 0.2) is 11.0 Å². The molecule has 0 unspecified atom stereocenters. The van der Waals surface area contributed by atoms with Crippen LogP contribution in [0.3, 0.4) is 0 Å². The summed E-state index contributed by atoms with van der Waals surface area (Å²) in [5.74, 6) is -0.0361. The first-order chi connectivity index (χ1) is 13.3. The van der Waals surface area contributed by atoms with Gasteiger partial charge in [-0.05, 0) is 26.0 Å². The van der Waals surface area contributed by atoms with E-state index in [0.29, 0.717) is 11.0 Å². The van der Waals surface area contributed by atoms with Gasteiger partial charge in [0, 0.05) is 12.6 Å². The fourth-order valence-electron chi connectivity index (χ4n) is 2.48. The molecule has 3 aromatic rings. The monoisotopic (exact) mass is 416 g/mol. The molecular weight excluding hydrogens is 396 g/mol. The predicted molar refractivity (Wildman–Crippen MR) is 108 cm³/mol. The van der Waals surface area contributed by atoms with Crippen molar-refractivity contribution in [2.45, 2.75) is 23.9 Å². The van der Waals surface area contributed by atoms with Crippen LogP contribution in [-0.4, -0.2) is 34.8 Å². The number of benzene rings is 2. The van der Waals surface area contributed by atoms with E-state index in [4.69, 9.17) is 0 Å². The van der Waals surface area contributed by atoms with Crippen LogP contribution in [-0.2, 0) is 21.9 Å². The lowest BCUT2D eigenvalue weighted by atomic mass is 10.1. The van der Waals surface area contributed by atoms with Gasteiger partial charge >= 0.3 is 0 Å². The molecule has 1 N–H and O–H groups in total. The van der Waals surface area contributed by atoms with Crippen LogP contribution >= 0.6 is 11.8 Å². The molecule has 0 saturated carbocycles. The molecule has 0 aliphatic carbocycles. The molecule has 9 heteroatoms.